The molecule has 15 heavy (non-hydrogen) atoms. The molecular weight excluding hydrogens is 254 g/mol. The maximum absolute atomic E-state index is 4.19. The van der Waals surface area contributed by atoms with Gasteiger partial charge < -0.3 is 5.32 Å². The summed E-state index contributed by atoms with van der Waals surface area (Å²) in [5.41, 5.74) is 2.42. The van der Waals surface area contributed by atoms with Crippen LogP contribution in [0.2, 0.25) is 0 Å². The molecule has 0 amide bonds. The minimum Gasteiger partial charge on any atom is -0.317 e. The Morgan fingerprint density at radius 2 is 2.40 bits per heavy atom. The first-order valence-electron chi connectivity index (χ1n) is 5.22. The lowest BCUT2D eigenvalue weighted by atomic mass is 10.2. The SMILES string of the molecule is CCNCC/C=C(/C)c1c(Br)cnn1C. The molecule has 0 saturated carbocycles. The lowest BCUT2D eigenvalue weighted by Crippen LogP contribution is -2.13. The van der Waals surface area contributed by atoms with E-state index < -0.39 is 0 Å². The average Bonchev–Trinajstić information content (AvgIpc) is 2.53. The van der Waals surface area contributed by atoms with E-state index in [9.17, 15) is 0 Å². The van der Waals surface area contributed by atoms with Gasteiger partial charge in [-0.25, -0.2) is 0 Å². The summed E-state index contributed by atoms with van der Waals surface area (Å²) in [6, 6.07) is 0. The Balaban J connectivity index is 2.63. The van der Waals surface area contributed by atoms with E-state index in [0.717, 1.165) is 29.7 Å². The number of hydrogen-bond donors (Lipinski definition) is 1. The predicted octanol–water partition coefficient (Wildman–Crippen LogP) is 2.59. The van der Waals surface area contributed by atoms with Crippen LogP contribution in [0.5, 0.6) is 0 Å². The van der Waals surface area contributed by atoms with E-state index in [1.54, 1.807) is 0 Å². The standard InChI is InChI=1S/C11H18BrN3/c1-4-13-7-5-6-9(2)11-10(12)8-14-15(11)3/h6,8,13H,4-5,7H2,1-3H3/b9-6-. The van der Waals surface area contributed by atoms with Crippen molar-refractivity contribution in [2.75, 3.05) is 13.1 Å². The third-order valence-electron chi connectivity index (χ3n) is 2.29. The van der Waals surface area contributed by atoms with Crippen LogP contribution in [-0.2, 0) is 7.05 Å². The first kappa shape index (κ1) is 12.5. The van der Waals surface area contributed by atoms with Crippen LogP contribution in [0.15, 0.2) is 16.7 Å². The summed E-state index contributed by atoms with van der Waals surface area (Å²) in [6.45, 7) is 6.30. The van der Waals surface area contributed by atoms with Crippen LogP contribution in [0.3, 0.4) is 0 Å². The Morgan fingerprint density at radius 3 is 2.93 bits per heavy atom. The van der Waals surface area contributed by atoms with Crippen LogP contribution in [0.25, 0.3) is 5.57 Å². The Hall–Kier alpha value is -0.610. The fraction of sp³-hybridized carbons (Fsp3) is 0.545. The zero-order chi connectivity index (χ0) is 11.3. The summed E-state index contributed by atoms with van der Waals surface area (Å²) < 4.78 is 2.95. The Bertz CT molecular complexity index is 322. The molecule has 0 bridgehead atoms. The van der Waals surface area contributed by atoms with Crippen LogP contribution >= 0.6 is 15.9 Å². The molecule has 1 N–H and O–H groups in total. The summed E-state index contributed by atoms with van der Waals surface area (Å²) in [7, 11) is 1.96. The fourth-order valence-electron chi connectivity index (χ4n) is 1.52. The molecule has 0 fully saturated rings. The van der Waals surface area contributed by atoms with E-state index in [0.29, 0.717) is 0 Å². The Morgan fingerprint density at radius 1 is 1.67 bits per heavy atom. The quantitative estimate of drug-likeness (QED) is 0.835. The summed E-state index contributed by atoms with van der Waals surface area (Å²) in [6.07, 6.45) is 5.12. The molecule has 0 aliphatic heterocycles. The lowest BCUT2D eigenvalue weighted by Gasteiger charge is -2.04. The minimum atomic E-state index is 1.03. The molecule has 0 spiro atoms. The van der Waals surface area contributed by atoms with E-state index in [4.69, 9.17) is 0 Å². The summed E-state index contributed by atoms with van der Waals surface area (Å²) >= 11 is 3.50. The Labute approximate surface area is 99.7 Å². The summed E-state index contributed by atoms with van der Waals surface area (Å²) in [4.78, 5) is 0. The van der Waals surface area contributed by atoms with Crippen molar-refractivity contribution in [1.82, 2.24) is 15.1 Å². The predicted molar refractivity (Wildman–Crippen MR) is 67.7 cm³/mol. The van der Waals surface area contributed by atoms with Gasteiger partial charge in [-0.3, -0.25) is 4.68 Å². The van der Waals surface area contributed by atoms with Gasteiger partial charge in [-0.15, -0.1) is 0 Å². The van der Waals surface area contributed by atoms with Gasteiger partial charge in [0.15, 0.2) is 0 Å². The van der Waals surface area contributed by atoms with E-state index in [1.807, 2.05) is 17.9 Å². The highest BCUT2D eigenvalue weighted by Gasteiger charge is 2.06. The molecule has 0 radical (unpaired) electrons. The smallest absolute Gasteiger partial charge is 0.0774 e. The molecule has 1 heterocycles. The summed E-state index contributed by atoms with van der Waals surface area (Å²) in [5.74, 6) is 0. The fourth-order valence-corrected chi connectivity index (χ4v) is 2.18. The number of halogens is 1. The average molecular weight is 272 g/mol. The van der Waals surface area contributed by atoms with Gasteiger partial charge in [0, 0.05) is 7.05 Å². The summed E-state index contributed by atoms with van der Waals surface area (Å²) in [5, 5.41) is 7.49. The highest BCUT2D eigenvalue weighted by Crippen LogP contribution is 2.23. The molecular formula is C11H18BrN3. The number of nitrogens with one attached hydrogen (secondary N) is 1. The van der Waals surface area contributed by atoms with Gasteiger partial charge in [-0.1, -0.05) is 13.0 Å². The van der Waals surface area contributed by atoms with Crippen molar-refractivity contribution >= 4 is 21.5 Å². The molecule has 84 valence electrons. The van der Waals surface area contributed by atoms with Gasteiger partial charge in [-0.05, 0) is 47.9 Å². The van der Waals surface area contributed by atoms with Gasteiger partial charge in [-0.2, -0.15) is 5.10 Å². The zero-order valence-electron chi connectivity index (χ0n) is 9.55. The number of aromatic nitrogens is 2. The second-order valence-corrected chi connectivity index (χ2v) is 4.35. The third kappa shape index (κ3) is 3.47. The Kier molecular flexibility index (Phi) is 5.05. The van der Waals surface area contributed by atoms with Crippen LogP contribution in [0.4, 0.5) is 0 Å². The lowest BCUT2D eigenvalue weighted by molar-refractivity contribution is 0.725. The van der Waals surface area contributed by atoms with Crippen LogP contribution in [-0.4, -0.2) is 22.9 Å². The van der Waals surface area contributed by atoms with Gasteiger partial charge in [0.05, 0.1) is 16.4 Å². The molecule has 0 aliphatic rings. The molecule has 0 atom stereocenters. The normalized spacial score (nSPS) is 12.1. The number of aryl methyl sites for hydroxylation is 1. The van der Waals surface area contributed by atoms with Crippen molar-refractivity contribution < 1.29 is 0 Å². The van der Waals surface area contributed by atoms with Crippen LogP contribution in [0.1, 0.15) is 26.0 Å². The van der Waals surface area contributed by atoms with Crippen LogP contribution < -0.4 is 5.32 Å². The zero-order valence-corrected chi connectivity index (χ0v) is 11.1. The number of hydrogen-bond acceptors (Lipinski definition) is 2. The first-order chi connectivity index (χ1) is 7.16. The number of allylic oxidation sites excluding steroid dienone is 1. The molecule has 1 aromatic rings. The maximum atomic E-state index is 4.19. The highest BCUT2D eigenvalue weighted by molar-refractivity contribution is 9.10. The monoisotopic (exact) mass is 271 g/mol. The molecule has 1 rings (SSSR count). The van der Waals surface area contributed by atoms with E-state index in [2.05, 4.69) is 46.3 Å². The second kappa shape index (κ2) is 6.08. The van der Waals surface area contributed by atoms with Gasteiger partial charge in [0.25, 0.3) is 0 Å². The van der Waals surface area contributed by atoms with Gasteiger partial charge in [0.2, 0.25) is 0 Å². The molecule has 3 nitrogen and oxygen atoms in total. The molecule has 0 aliphatic carbocycles. The first-order valence-corrected chi connectivity index (χ1v) is 6.01. The topological polar surface area (TPSA) is 29.9 Å². The van der Waals surface area contributed by atoms with Crippen molar-refractivity contribution in [1.29, 1.82) is 0 Å². The molecule has 0 saturated heterocycles. The largest absolute Gasteiger partial charge is 0.317 e. The van der Waals surface area contributed by atoms with E-state index in [1.165, 1.54) is 5.57 Å². The van der Waals surface area contributed by atoms with E-state index in [-0.39, 0.29) is 0 Å². The van der Waals surface area contributed by atoms with Gasteiger partial charge >= 0.3 is 0 Å². The third-order valence-corrected chi connectivity index (χ3v) is 2.87. The second-order valence-electron chi connectivity index (χ2n) is 3.49. The minimum absolute atomic E-state index is 1.03. The van der Waals surface area contributed by atoms with Crippen LogP contribution in [0, 0.1) is 0 Å². The van der Waals surface area contributed by atoms with Gasteiger partial charge in [0.1, 0.15) is 0 Å². The molecule has 4 heteroatoms. The van der Waals surface area contributed by atoms with Crippen molar-refractivity contribution in [2.45, 2.75) is 20.3 Å². The van der Waals surface area contributed by atoms with Crippen molar-refractivity contribution in [3.05, 3.63) is 22.4 Å². The maximum Gasteiger partial charge on any atom is 0.0774 e. The van der Waals surface area contributed by atoms with E-state index >= 15 is 0 Å². The van der Waals surface area contributed by atoms with Crippen molar-refractivity contribution in [2.24, 2.45) is 7.05 Å². The van der Waals surface area contributed by atoms with Crippen molar-refractivity contribution in [3.63, 3.8) is 0 Å². The number of rotatable bonds is 5. The highest BCUT2D eigenvalue weighted by atomic mass is 79.9. The van der Waals surface area contributed by atoms with Crippen molar-refractivity contribution in [3.8, 4) is 0 Å². The molecule has 1 aromatic heterocycles. The molecule has 0 unspecified atom stereocenters. The molecule has 0 aromatic carbocycles. The number of nitrogens with zero attached hydrogens (tertiary/aromatic N) is 2.